The molecule has 138 valence electrons. The molecular weight excluding hydrogens is 367 g/mol. The molecule has 7 heteroatoms. The Morgan fingerprint density at radius 1 is 1.19 bits per heavy atom. The molecule has 2 aromatic carbocycles. The summed E-state index contributed by atoms with van der Waals surface area (Å²) < 4.78 is 18.7. The van der Waals surface area contributed by atoms with Crippen molar-refractivity contribution < 1.29 is 18.7 Å². The molecule has 1 amide bonds. The number of hydrogen-bond acceptors (Lipinski definition) is 5. The first-order valence-electron chi connectivity index (χ1n) is 8.23. The fraction of sp³-hybridized carbons (Fsp3) is 0.150. The van der Waals surface area contributed by atoms with Crippen LogP contribution in [-0.4, -0.2) is 23.0 Å². The Morgan fingerprint density at radius 2 is 1.93 bits per heavy atom. The minimum Gasteiger partial charge on any atom is -0.448 e. The van der Waals surface area contributed by atoms with Crippen molar-refractivity contribution in [2.45, 2.75) is 20.0 Å². The number of benzene rings is 2. The van der Waals surface area contributed by atoms with Crippen LogP contribution in [0.1, 0.15) is 23.0 Å². The quantitative estimate of drug-likeness (QED) is 0.660. The van der Waals surface area contributed by atoms with E-state index in [0.29, 0.717) is 16.3 Å². The van der Waals surface area contributed by atoms with Crippen LogP contribution in [0.15, 0.2) is 53.9 Å². The van der Waals surface area contributed by atoms with E-state index in [1.807, 2.05) is 30.3 Å². The number of hydrogen-bond donors (Lipinski definition) is 1. The number of amides is 1. The lowest BCUT2D eigenvalue weighted by Gasteiger charge is -2.13. The first kappa shape index (κ1) is 18.7. The molecule has 0 aliphatic heterocycles. The summed E-state index contributed by atoms with van der Waals surface area (Å²) in [5.41, 5.74) is 1.81. The fourth-order valence-corrected chi connectivity index (χ4v) is 3.07. The van der Waals surface area contributed by atoms with Gasteiger partial charge < -0.3 is 10.1 Å². The van der Waals surface area contributed by atoms with Gasteiger partial charge in [0.25, 0.3) is 5.91 Å². The van der Waals surface area contributed by atoms with E-state index in [1.165, 1.54) is 24.3 Å². The molecule has 1 N–H and O–H groups in total. The van der Waals surface area contributed by atoms with Gasteiger partial charge in [-0.3, -0.25) is 4.79 Å². The molecule has 0 saturated carbocycles. The molecule has 0 unspecified atom stereocenters. The van der Waals surface area contributed by atoms with Gasteiger partial charge >= 0.3 is 5.97 Å². The summed E-state index contributed by atoms with van der Waals surface area (Å²) in [4.78, 5) is 28.7. The third-order valence-electron chi connectivity index (χ3n) is 3.83. The number of rotatable bonds is 5. The van der Waals surface area contributed by atoms with E-state index in [4.69, 9.17) is 4.74 Å². The maximum absolute atomic E-state index is 13.6. The zero-order valence-corrected chi connectivity index (χ0v) is 15.5. The van der Waals surface area contributed by atoms with Crippen molar-refractivity contribution in [1.29, 1.82) is 0 Å². The number of thiazole rings is 1. The summed E-state index contributed by atoms with van der Waals surface area (Å²) in [6.45, 7) is 3.07. The first-order chi connectivity index (χ1) is 12.9. The molecular formula is C20H17FN2O3S. The van der Waals surface area contributed by atoms with Crippen molar-refractivity contribution >= 4 is 28.9 Å². The number of carbonyl (C=O) groups excluding carboxylic acids is 2. The van der Waals surface area contributed by atoms with Gasteiger partial charge in [-0.05, 0) is 31.5 Å². The number of aromatic nitrogens is 1. The standard InChI is InChI=1S/C20H17FN2O3S/c1-12-8-9-15(10-16(12)21)22-18(24)13(2)26-20(25)17-11-27-19(23-17)14-6-4-3-5-7-14/h3-11,13H,1-2H3,(H,22,24)/t13-/m0/s1. The Bertz CT molecular complexity index is 972. The SMILES string of the molecule is Cc1ccc(NC(=O)[C@H](C)OC(=O)c2csc(-c3ccccc3)n2)cc1F. The number of esters is 1. The minimum atomic E-state index is -1.05. The largest absolute Gasteiger partial charge is 0.448 e. The molecule has 27 heavy (non-hydrogen) atoms. The predicted molar refractivity (Wildman–Crippen MR) is 102 cm³/mol. The molecule has 5 nitrogen and oxygen atoms in total. The van der Waals surface area contributed by atoms with Crippen LogP contribution in [0, 0.1) is 12.7 Å². The van der Waals surface area contributed by atoms with Crippen molar-refractivity contribution in [3.63, 3.8) is 0 Å². The average Bonchev–Trinajstić information content (AvgIpc) is 3.16. The topological polar surface area (TPSA) is 68.3 Å². The van der Waals surface area contributed by atoms with Crippen molar-refractivity contribution in [3.8, 4) is 10.6 Å². The van der Waals surface area contributed by atoms with Gasteiger partial charge in [0, 0.05) is 16.6 Å². The molecule has 1 atom stereocenters. The Morgan fingerprint density at radius 3 is 2.63 bits per heavy atom. The summed E-state index contributed by atoms with van der Waals surface area (Å²) in [7, 11) is 0. The zero-order valence-electron chi connectivity index (χ0n) is 14.7. The smallest absolute Gasteiger partial charge is 0.358 e. The van der Waals surface area contributed by atoms with Gasteiger partial charge in [-0.15, -0.1) is 11.3 Å². The van der Waals surface area contributed by atoms with Crippen LogP contribution in [0.5, 0.6) is 0 Å². The third-order valence-corrected chi connectivity index (χ3v) is 4.72. The number of carbonyl (C=O) groups is 2. The third kappa shape index (κ3) is 4.57. The molecule has 1 aromatic heterocycles. The van der Waals surface area contributed by atoms with Crippen LogP contribution in [0.25, 0.3) is 10.6 Å². The maximum atomic E-state index is 13.6. The van der Waals surface area contributed by atoms with Crippen molar-refractivity contribution in [3.05, 3.63) is 71.0 Å². The molecule has 0 aliphatic carbocycles. The first-order valence-corrected chi connectivity index (χ1v) is 9.11. The number of ether oxygens (including phenoxy) is 1. The van der Waals surface area contributed by atoms with E-state index in [-0.39, 0.29) is 5.69 Å². The van der Waals surface area contributed by atoms with Gasteiger partial charge in [-0.2, -0.15) is 0 Å². The lowest BCUT2D eigenvalue weighted by molar-refractivity contribution is -0.123. The molecule has 3 rings (SSSR count). The highest BCUT2D eigenvalue weighted by Gasteiger charge is 2.21. The van der Waals surface area contributed by atoms with Gasteiger partial charge in [0.05, 0.1) is 0 Å². The molecule has 0 aliphatic rings. The second-order valence-electron chi connectivity index (χ2n) is 5.90. The molecule has 0 saturated heterocycles. The fourth-order valence-electron chi connectivity index (χ4n) is 2.27. The Hall–Kier alpha value is -3.06. The van der Waals surface area contributed by atoms with Gasteiger partial charge in [0.15, 0.2) is 11.8 Å². The Labute approximate surface area is 159 Å². The molecule has 0 bridgehead atoms. The van der Waals surface area contributed by atoms with Gasteiger partial charge in [-0.25, -0.2) is 14.2 Å². The van der Waals surface area contributed by atoms with Crippen molar-refractivity contribution in [2.24, 2.45) is 0 Å². The number of halogens is 1. The highest BCUT2D eigenvalue weighted by molar-refractivity contribution is 7.13. The summed E-state index contributed by atoms with van der Waals surface area (Å²) in [6, 6.07) is 13.8. The van der Waals surface area contributed by atoms with Crippen LogP contribution < -0.4 is 5.32 Å². The minimum absolute atomic E-state index is 0.139. The van der Waals surface area contributed by atoms with E-state index < -0.39 is 23.8 Å². The predicted octanol–water partition coefficient (Wildman–Crippen LogP) is 4.44. The summed E-state index contributed by atoms with van der Waals surface area (Å²) >= 11 is 1.32. The summed E-state index contributed by atoms with van der Waals surface area (Å²) in [6.07, 6.45) is -1.05. The highest BCUT2D eigenvalue weighted by Crippen LogP contribution is 2.23. The lowest BCUT2D eigenvalue weighted by atomic mass is 10.2. The molecule has 0 spiro atoms. The average molecular weight is 384 g/mol. The Kier molecular flexibility index (Phi) is 5.61. The number of aryl methyl sites for hydroxylation is 1. The van der Waals surface area contributed by atoms with Crippen LogP contribution in [0.3, 0.4) is 0 Å². The molecule has 3 aromatic rings. The van der Waals surface area contributed by atoms with Crippen LogP contribution in [0.2, 0.25) is 0 Å². The van der Waals surface area contributed by atoms with E-state index >= 15 is 0 Å². The van der Waals surface area contributed by atoms with Crippen molar-refractivity contribution in [1.82, 2.24) is 4.98 Å². The van der Waals surface area contributed by atoms with E-state index in [1.54, 1.807) is 24.4 Å². The summed E-state index contributed by atoms with van der Waals surface area (Å²) in [5, 5.41) is 4.80. The van der Waals surface area contributed by atoms with Gasteiger partial charge in [0.2, 0.25) is 0 Å². The molecule has 0 radical (unpaired) electrons. The van der Waals surface area contributed by atoms with Crippen LogP contribution in [-0.2, 0) is 9.53 Å². The van der Waals surface area contributed by atoms with Crippen LogP contribution in [0.4, 0.5) is 10.1 Å². The highest BCUT2D eigenvalue weighted by atomic mass is 32.1. The second kappa shape index (κ2) is 8.09. The van der Waals surface area contributed by atoms with E-state index in [2.05, 4.69) is 10.3 Å². The normalized spacial score (nSPS) is 11.7. The lowest BCUT2D eigenvalue weighted by Crippen LogP contribution is -2.30. The summed E-state index contributed by atoms with van der Waals surface area (Å²) in [5.74, 6) is -1.66. The van der Waals surface area contributed by atoms with E-state index in [0.717, 1.165) is 5.56 Å². The molecule has 1 heterocycles. The zero-order chi connectivity index (χ0) is 19.4. The number of nitrogens with zero attached hydrogens (tertiary/aromatic N) is 1. The van der Waals surface area contributed by atoms with Crippen LogP contribution >= 0.6 is 11.3 Å². The van der Waals surface area contributed by atoms with Gasteiger partial charge in [0.1, 0.15) is 10.8 Å². The number of nitrogens with one attached hydrogen (secondary N) is 1. The second-order valence-corrected chi connectivity index (χ2v) is 6.76. The number of anilines is 1. The van der Waals surface area contributed by atoms with Gasteiger partial charge in [-0.1, -0.05) is 36.4 Å². The van der Waals surface area contributed by atoms with Crippen molar-refractivity contribution in [2.75, 3.05) is 5.32 Å². The van der Waals surface area contributed by atoms with E-state index in [9.17, 15) is 14.0 Å². The molecule has 0 fully saturated rings. The Balaban J connectivity index is 1.62. The monoisotopic (exact) mass is 384 g/mol. The maximum Gasteiger partial charge on any atom is 0.358 e.